The van der Waals surface area contributed by atoms with Crippen molar-refractivity contribution in [2.75, 3.05) is 27.9 Å². The zero-order chi connectivity index (χ0) is 20.7. The Kier molecular flexibility index (Phi) is 7.45. The summed E-state index contributed by atoms with van der Waals surface area (Å²) in [7, 11) is 4.44. The number of hydrogen-bond donors (Lipinski definition) is 1. The Morgan fingerprint density at radius 1 is 1.07 bits per heavy atom. The molecule has 0 saturated heterocycles. The molecule has 0 fully saturated rings. The lowest BCUT2D eigenvalue weighted by molar-refractivity contribution is -0.124. The first kappa shape index (κ1) is 21.3. The second-order valence-corrected chi connectivity index (χ2v) is 5.89. The highest BCUT2D eigenvalue weighted by Gasteiger charge is 2.18. The molecule has 0 aromatic heterocycles. The first-order chi connectivity index (χ1) is 13.4. The highest BCUT2D eigenvalue weighted by atomic mass is 35.5. The minimum Gasteiger partial charge on any atom is -0.493 e. The van der Waals surface area contributed by atoms with E-state index >= 15 is 0 Å². The van der Waals surface area contributed by atoms with Gasteiger partial charge in [-0.25, -0.2) is 9.18 Å². The fraction of sp³-hybridized carbons (Fsp3) is 0.263. The summed E-state index contributed by atoms with van der Waals surface area (Å²) in [5, 5.41) is 2.49. The maximum absolute atomic E-state index is 13.7. The van der Waals surface area contributed by atoms with Crippen LogP contribution in [-0.4, -0.2) is 39.8 Å². The van der Waals surface area contributed by atoms with Gasteiger partial charge in [-0.2, -0.15) is 0 Å². The summed E-state index contributed by atoms with van der Waals surface area (Å²) in [5.41, 5.74) is 0.257. The molecule has 0 spiro atoms. The van der Waals surface area contributed by atoms with Crippen molar-refractivity contribution >= 4 is 23.5 Å². The van der Waals surface area contributed by atoms with Gasteiger partial charge in [0.1, 0.15) is 11.4 Å². The Morgan fingerprint density at radius 2 is 1.71 bits per heavy atom. The van der Waals surface area contributed by atoms with Crippen LogP contribution in [0.3, 0.4) is 0 Å². The average Bonchev–Trinajstić information content (AvgIpc) is 2.69. The molecule has 0 atom stereocenters. The molecule has 0 aliphatic carbocycles. The van der Waals surface area contributed by atoms with E-state index in [9.17, 15) is 14.0 Å². The van der Waals surface area contributed by atoms with Crippen LogP contribution in [0.25, 0.3) is 0 Å². The van der Waals surface area contributed by atoms with Crippen LogP contribution >= 0.6 is 11.6 Å². The van der Waals surface area contributed by atoms with E-state index < -0.39 is 29.9 Å². The number of rotatable bonds is 8. The summed E-state index contributed by atoms with van der Waals surface area (Å²) in [6.07, 6.45) is 0. The van der Waals surface area contributed by atoms with E-state index in [2.05, 4.69) is 5.32 Å². The molecule has 0 bridgehead atoms. The van der Waals surface area contributed by atoms with E-state index in [0.29, 0.717) is 22.8 Å². The number of esters is 1. The molecule has 9 heteroatoms. The number of amides is 1. The Bertz CT molecular complexity index is 828. The fourth-order valence-electron chi connectivity index (χ4n) is 2.39. The monoisotopic (exact) mass is 411 g/mol. The molecule has 0 saturated carbocycles. The molecule has 0 heterocycles. The van der Waals surface area contributed by atoms with Gasteiger partial charge >= 0.3 is 5.97 Å². The predicted octanol–water partition coefficient (Wildman–Crippen LogP) is 2.98. The van der Waals surface area contributed by atoms with E-state index in [0.717, 1.165) is 6.07 Å². The van der Waals surface area contributed by atoms with Gasteiger partial charge in [-0.15, -0.1) is 0 Å². The molecular formula is C19H19ClFNO6. The van der Waals surface area contributed by atoms with Crippen molar-refractivity contribution in [1.29, 1.82) is 0 Å². The van der Waals surface area contributed by atoms with Crippen molar-refractivity contribution in [3.63, 3.8) is 0 Å². The first-order valence-electron chi connectivity index (χ1n) is 8.08. The van der Waals surface area contributed by atoms with Crippen LogP contribution in [0.15, 0.2) is 30.3 Å². The van der Waals surface area contributed by atoms with Crippen molar-refractivity contribution in [3.8, 4) is 17.2 Å². The maximum atomic E-state index is 13.7. The Labute approximate surface area is 166 Å². The van der Waals surface area contributed by atoms with Crippen molar-refractivity contribution < 1.29 is 32.9 Å². The third-order valence-corrected chi connectivity index (χ3v) is 4.03. The molecule has 28 heavy (non-hydrogen) atoms. The lowest BCUT2D eigenvalue weighted by atomic mass is 10.1. The van der Waals surface area contributed by atoms with Gasteiger partial charge < -0.3 is 24.3 Å². The standard InChI is InChI=1S/C19H19ClFNO6/c1-25-14-7-11(8-15(26-2)18(14)27-3)9-22-16(23)10-28-19(24)17-12(20)5-4-6-13(17)21/h4-8H,9-10H2,1-3H3,(H,22,23). The van der Waals surface area contributed by atoms with Crippen molar-refractivity contribution in [1.82, 2.24) is 5.32 Å². The second-order valence-electron chi connectivity index (χ2n) is 5.48. The van der Waals surface area contributed by atoms with Gasteiger partial charge in [-0.05, 0) is 29.8 Å². The maximum Gasteiger partial charge on any atom is 0.343 e. The van der Waals surface area contributed by atoms with Crippen LogP contribution in [0, 0.1) is 5.82 Å². The Hall–Kier alpha value is -3.00. The smallest absolute Gasteiger partial charge is 0.343 e. The minimum absolute atomic E-state index is 0.0946. The highest BCUT2D eigenvalue weighted by Crippen LogP contribution is 2.38. The summed E-state index contributed by atoms with van der Waals surface area (Å²) in [4.78, 5) is 23.9. The Balaban J connectivity index is 1.96. The van der Waals surface area contributed by atoms with Crippen LogP contribution < -0.4 is 19.5 Å². The van der Waals surface area contributed by atoms with Crippen LogP contribution in [0.1, 0.15) is 15.9 Å². The van der Waals surface area contributed by atoms with Crippen LogP contribution in [-0.2, 0) is 16.1 Å². The number of carbonyl (C=O) groups is 2. The molecule has 7 nitrogen and oxygen atoms in total. The molecule has 2 rings (SSSR count). The number of carbonyl (C=O) groups excluding carboxylic acids is 2. The molecule has 0 unspecified atom stereocenters. The van der Waals surface area contributed by atoms with Crippen molar-refractivity contribution in [3.05, 3.63) is 52.3 Å². The molecule has 0 aliphatic rings. The van der Waals surface area contributed by atoms with Gasteiger partial charge in [0.05, 0.1) is 26.4 Å². The van der Waals surface area contributed by atoms with Gasteiger partial charge in [0.15, 0.2) is 18.1 Å². The van der Waals surface area contributed by atoms with E-state index in [1.807, 2.05) is 0 Å². The van der Waals surface area contributed by atoms with E-state index in [-0.39, 0.29) is 11.6 Å². The number of ether oxygens (including phenoxy) is 4. The molecular weight excluding hydrogens is 393 g/mol. The van der Waals surface area contributed by atoms with Gasteiger partial charge in [0.25, 0.3) is 5.91 Å². The van der Waals surface area contributed by atoms with Gasteiger partial charge in [0.2, 0.25) is 5.75 Å². The van der Waals surface area contributed by atoms with Gasteiger partial charge in [0, 0.05) is 6.54 Å². The quantitative estimate of drug-likeness (QED) is 0.672. The Morgan fingerprint density at radius 3 is 2.25 bits per heavy atom. The third kappa shape index (κ3) is 5.04. The molecule has 150 valence electrons. The zero-order valence-corrected chi connectivity index (χ0v) is 16.3. The van der Waals surface area contributed by atoms with Crippen LogP contribution in [0.5, 0.6) is 17.2 Å². The predicted molar refractivity (Wildman–Crippen MR) is 99.6 cm³/mol. The number of hydrogen-bond acceptors (Lipinski definition) is 6. The topological polar surface area (TPSA) is 83.1 Å². The first-order valence-corrected chi connectivity index (χ1v) is 8.45. The third-order valence-electron chi connectivity index (χ3n) is 3.72. The number of benzene rings is 2. The zero-order valence-electron chi connectivity index (χ0n) is 15.5. The normalized spacial score (nSPS) is 10.2. The molecule has 1 N–H and O–H groups in total. The lowest BCUT2D eigenvalue weighted by Crippen LogP contribution is -2.28. The highest BCUT2D eigenvalue weighted by molar-refractivity contribution is 6.33. The van der Waals surface area contributed by atoms with Crippen molar-refractivity contribution in [2.24, 2.45) is 0 Å². The minimum atomic E-state index is -1.02. The SMILES string of the molecule is COc1cc(CNC(=O)COC(=O)c2c(F)cccc2Cl)cc(OC)c1OC. The average molecular weight is 412 g/mol. The summed E-state index contributed by atoms with van der Waals surface area (Å²) >= 11 is 5.79. The lowest BCUT2D eigenvalue weighted by Gasteiger charge is -2.14. The van der Waals surface area contributed by atoms with Crippen molar-refractivity contribution in [2.45, 2.75) is 6.54 Å². The number of halogens is 2. The van der Waals surface area contributed by atoms with E-state index in [1.165, 1.54) is 33.5 Å². The van der Waals surface area contributed by atoms with E-state index in [1.54, 1.807) is 12.1 Å². The molecule has 2 aromatic rings. The summed E-state index contributed by atoms with van der Waals surface area (Å²) in [6.45, 7) is -0.471. The molecule has 0 radical (unpaired) electrons. The van der Waals surface area contributed by atoms with Gasteiger partial charge in [-0.3, -0.25) is 4.79 Å². The summed E-state index contributed by atoms with van der Waals surface area (Å²) in [5.74, 6) is -1.12. The largest absolute Gasteiger partial charge is 0.493 e. The number of nitrogens with one attached hydrogen (secondary N) is 1. The summed E-state index contributed by atoms with van der Waals surface area (Å²) in [6, 6.07) is 7.14. The van der Waals surface area contributed by atoms with Crippen LogP contribution in [0.2, 0.25) is 5.02 Å². The molecule has 2 aromatic carbocycles. The number of methoxy groups -OCH3 is 3. The van der Waals surface area contributed by atoms with Crippen LogP contribution in [0.4, 0.5) is 4.39 Å². The van der Waals surface area contributed by atoms with Gasteiger partial charge in [-0.1, -0.05) is 17.7 Å². The second kappa shape index (κ2) is 9.80. The molecule has 0 aliphatic heterocycles. The fourth-order valence-corrected chi connectivity index (χ4v) is 2.63. The molecule has 1 amide bonds. The van der Waals surface area contributed by atoms with E-state index in [4.69, 9.17) is 30.5 Å². The summed E-state index contributed by atoms with van der Waals surface area (Å²) < 4.78 is 34.2.